The summed E-state index contributed by atoms with van der Waals surface area (Å²) in [6.07, 6.45) is 1.63. The number of hydrogen-bond donors (Lipinski definition) is 1. The van der Waals surface area contributed by atoms with E-state index in [-0.39, 0.29) is 21.7 Å². The average molecular weight is 407 g/mol. The van der Waals surface area contributed by atoms with Crippen molar-refractivity contribution < 1.29 is 22.0 Å². The van der Waals surface area contributed by atoms with Crippen molar-refractivity contribution in [3.05, 3.63) is 65.2 Å². The van der Waals surface area contributed by atoms with E-state index in [1.807, 2.05) is 0 Å². The number of nitrogens with one attached hydrogen (secondary N) is 1. The summed E-state index contributed by atoms with van der Waals surface area (Å²) in [5.74, 6) is -2.15. The van der Waals surface area contributed by atoms with Gasteiger partial charge in [0.2, 0.25) is 10.0 Å². The van der Waals surface area contributed by atoms with Gasteiger partial charge >= 0.3 is 0 Å². The molecule has 0 unspecified atom stereocenters. The Morgan fingerprint density at radius 2 is 1.82 bits per heavy atom. The largest absolute Gasteiger partial charge is 0.271 e. The van der Waals surface area contributed by atoms with Crippen molar-refractivity contribution in [2.45, 2.75) is 24.7 Å². The molecule has 0 bridgehead atoms. The zero-order valence-corrected chi connectivity index (χ0v) is 16.0. The molecule has 28 heavy (non-hydrogen) atoms. The Labute approximate surface area is 161 Å². The molecule has 1 N–H and O–H groups in total. The minimum Gasteiger partial charge on any atom is -0.267 e. The first-order chi connectivity index (χ1) is 13.3. The fourth-order valence-electron chi connectivity index (χ4n) is 2.92. The summed E-state index contributed by atoms with van der Waals surface area (Å²) < 4.78 is 53.4. The summed E-state index contributed by atoms with van der Waals surface area (Å²) in [5, 5.41) is 3.83. The predicted molar refractivity (Wildman–Crippen MR) is 100 cm³/mol. The Hall–Kier alpha value is -2.65. The van der Waals surface area contributed by atoms with Crippen molar-refractivity contribution in [1.82, 2.24) is 9.73 Å². The number of hydrazone groups is 1. The molecule has 1 heterocycles. The van der Waals surface area contributed by atoms with Crippen LogP contribution in [0.4, 0.5) is 8.78 Å². The highest BCUT2D eigenvalue weighted by Crippen LogP contribution is 2.21. The molecule has 0 radical (unpaired) electrons. The van der Waals surface area contributed by atoms with Crippen molar-refractivity contribution in [2.75, 3.05) is 13.1 Å². The van der Waals surface area contributed by atoms with Crippen LogP contribution in [0.3, 0.4) is 0 Å². The highest BCUT2D eigenvalue weighted by molar-refractivity contribution is 7.89. The highest BCUT2D eigenvalue weighted by Gasteiger charge is 2.27. The summed E-state index contributed by atoms with van der Waals surface area (Å²) in [6, 6.07) is 8.70. The number of benzene rings is 2. The van der Waals surface area contributed by atoms with Crippen molar-refractivity contribution in [3.8, 4) is 0 Å². The summed E-state index contributed by atoms with van der Waals surface area (Å²) in [5.41, 5.74) is 2.57. The first-order valence-corrected chi connectivity index (χ1v) is 10.1. The van der Waals surface area contributed by atoms with Gasteiger partial charge in [0, 0.05) is 30.3 Å². The lowest BCUT2D eigenvalue weighted by molar-refractivity contribution is 0.0954. The lowest BCUT2D eigenvalue weighted by Gasteiger charge is -2.15. The Balaban J connectivity index is 1.78. The molecular formula is C19H19F2N3O3S. The minimum absolute atomic E-state index is 0.0346. The van der Waals surface area contributed by atoms with Gasteiger partial charge in [-0.05, 0) is 50.1 Å². The maximum absolute atomic E-state index is 13.8. The van der Waals surface area contributed by atoms with E-state index >= 15 is 0 Å². The van der Waals surface area contributed by atoms with Crippen molar-refractivity contribution >= 4 is 21.6 Å². The summed E-state index contributed by atoms with van der Waals surface area (Å²) in [6.45, 7) is 2.39. The van der Waals surface area contributed by atoms with Crippen molar-refractivity contribution in [1.29, 1.82) is 0 Å². The Morgan fingerprint density at radius 1 is 1.11 bits per heavy atom. The number of carbonyl (C=O) groups excluding carboxylic acids is 1. The van der Waals surface area contributed by atoms with Gasteiger partial charge < -0.3 is 0 Å². The average Bonchev–Trinajstić information content (AvgIpc) is 3.21. The zero-order chi connectivity index (χ0) is 20.3. The molecule has 0 saturated carbocycles. The van der Waals surface area contributed by atoms with Gasteiger partial charge in [0.15, 0.2) is 0 Å². The van der Waals surface area contributed by atoms with E-state index in [2.05, 4.69) is 10.5 Å². The van der Waals surface area contributed by atoms with Crippen LogP contribution in [0.15, 0.2) is 52.5 Å². The molecule has 1 saturated heterocycles. The van der Waals surface area contributed by atoms with Gasteiger partial charge in [-0.25, -0.2) is 22.6 Å². The monoisotopic (exact) mass is 407 g/mol. The van der Waals surface area contributed by atoms with Crippen LogP contribution < -0.4 is 5.43 Å². The molecule has 0 aliphatic carbocycles. The van der Waals surface area contributed by atoms with Gasteiger partial charge in [-0.2, -0.15) is 9.41 Å². The summed E-state index contributed by atoms with van der Waals surface area (Å²) >= 11 is 0. The summed E-state index contributed by atoms with van der Waals surface area (Å²) in [7, 11) is -3.65. The predicted octanol–water partition coefficient (Wildman–Crippen LogP) is 2.90. The molecule has 2 aromatic carbocycles. The lowest BCUT2D eigenvalue weighted by atomic mass is 10.1. The fourth-order valence-corrected chi connectivity index (χ4v) is 4.48. The maximum Gasteiger partial charge on any atom is 0.271 e. The van der Waals surface area contributed by atoms with Crippen LogP contribution in [0.1, 0.15) is 35.7 Å². The van der Waals surface area contributed by atoms with Gasteiger partial charge in [-0.3, -0.25) is 4.79 Å². The van der Waals surface area contributed by atoms with Crippen LogP contribution in [-0.4, -0.2) is 37.4 Å². The minimum atomic E-state index is -3.65. The molecule has 6 nitrogen and oxygen atoms in total. The molecule has 1 amide bonds. The van der Waals surface area contributed by atoms with Gasteiger partial charge in [0.25, 0.3) is 5.91 Å². The number of rotatable bonds is 5. The van der Waals surface area contributed by atoms with Crippen LogP contribution in [0.25, 0.3) is 0 Å². The first-order valence-electron chi connectivity index (χ1n) is 8.69. The second-order valence-electron chi connectivity index (χ2n) is 6.40. The van der Waals surface area contributed by atoms with E-state index in [0.717, 1.165) is 25.0 Å². The molecule has 3 rings (SSSR count). The first kappa shape index (κ1) is 20.1. The van der Waals surface area contributed by atoms with Crippen LogP contribution >= 0.6 is 0 Å². The van der Waals surface area contributed by atoms with Gasteiger partial charge in [0.05, 0.1) is 10.6 Å². The van der Waals surface area contributed by atoms with Crippen molar-refractivity contribution in [2.24, 2.45) is 5.10 Å². The number of amides is 1. The third-order valence-corrected chi connectivity index (χ3v) is 6.34. The van der Waals surface area contributed by atoms with E-state index in [0.29, 0.717) is 13.1 Å². The van der Waals surface area contributed by atoms with Gasteiger partial charge in [-0.1, -0.05) is 6.07 Å². The number of hydrogen-bond acceptors (Lipinski definition) is 4. The smallest absolute Gasteiger partial charge is 0.267 e. The van der Waals surface area contributed by atoms with Crippen LogP contribution in [0.5, 0.6) is 0 Å². The molecule has 9 heteroatoms. The number of carbonyl (C=O) groups is 1. The highest BCUT2D eigenvalue weighted by atomic mass is 32.2. The van der Waals surface area contributed by atoms with E-state index in [1.165, 1.54) is 41.6 Å². The second-order valence-corrected chi connectivity index (χ2v) is 8.34. The Kier molecular flexibility index (Phi) is 5.85. The van der Waals surface area contributed by atoms with Crippen LogP contribution in [0, 0.1) is 11.6 Å². The normalized spacial score (nSPS) is 15.6. The van der Waals surface area contributed by atoms with Gasteiger partial charge in [-0.15, -0.1) is 0 Å². The van der Waals surface area contributed by atoms with Crippen LogP contribution in [0.2, 0.25) is 0 Å². The SMILES string of the molecule is C/C(=N\NC(=O)c1cccc(S(=O)(=O)N2CCCC2)c1)c1ccc(F)cc1F. The lowest BCUT2D eigenvalue weighted by Crippen LogP contribution is -2.28. The molecule has 0 atom stereocenters. The van der Waals surface area contributed by atoms with E-state index in [1.54, 1.807) is 0 Å². The topological polar surface area (TPSA) is 78.8 Å². The molecular weight excluding hydrogens is 388 g/mol. The van der Waals surface area contributed by atoms with E-state index in [4.69, 9.17) is 0 Å². The Morgan fingerprint density at radius 3 is 2.50 bits per heavy atom. The molecule has 0 spiro atoms. The summed E-state index contributed by atoms with van der Waals surface area (Å²) in [4.78, 5) is 12.4. The number of nitrogens with zero attached hydrogens (tertiary/aromatic N) is 2. The number of halogens is 2. The van der Waals surface area contributed by atoms with E-state index in [9.17, 15) is 22.0 Å². The molecule has 1 fully saturated rings. The Bertz CT molecular complexity index is 1030. The molecule has 1 aliphatic rings. The molecule has 2 aromatic rings. The molecule has 148 valence electrons. The zero-order valence-electron chi connectivity index (χ0n) is 15.2. The fraction of sp³-hybridized carbons (Fsp3) is 0.263. The van der Waals surface area contributed by atoms with Crippen molar-refractivity contribution in [3.63, 3.8) is 0 Å². The quantitative estimate of drug-likeness (QED) is 0.612. The maximum atomic E-state index is 13.8. The number of sulfonamides is 1. The standard InChI is InChI=1S/C19H19F2N3O3S/c1-13(17-8-7-15(20)12-18(17)21)22-23-19(25)14-5-4-6-16(11-14)28(26,27)24-9-2-3-10-24/h4-8,11-12H,2-3,9-10H2,1H3,(H,23,25)/b22-13+. The van der Waals surface area contributed by atoms with Crippen LogP contribution in [-0.2, 0) is 10.0 Å². The second kappa shape index (κ2) is 8.15. The van der Waals surface area contributed by atoms with E-state index < -0.39 is 27.6 Å². The van der Waals surface area contributed by atoms with Gasteiger partial charge in [0.1, 0.15) is 11.6 Å². The third kappa shape index (κ3) is 4.26. The molecule has 1 aliphatic heterocycles. The molecule has 0 aromatic heterocycles. The third-order valence-electron chi connectivity index (χ3n) is 4.45.